The molecule has 0 amide bonds. The normalized spacial score (nSPS) is 12.2. The molecule has 0 saturated carbocycles. The zero-order valence-corrected chi connectivity index (χ0v) is 10.7. The number of anilines is 1. The smallest absolute Gasteiger partial charge is 0.295 e. The Hall–Kier alpha value is -1.69. The van der Waals surface area contributed by atoms with Crippen molar-refractivity contribution in [3.8, 4) is 0 Å². The highest BCUT2D eigenvalue weighted by molar-refractivity contribution is 5.63. The van der Waals surface area contributed by atoms with Gasteiger partial charge >= 0.3 is 0 Å². The number of ether oxygens (including phenoxy) is 1. The molecule has 0 saturated heterocycles. The van der Waals surface area contributed by atoms with Gasteiger partial charge in [-0.2, -0.15) is 0 Å². The van der Waals surface area contributed by atoms with Gasteiger partial charge in [-0.3, -0.25) is 10.1 Å². The summed E-state index contributed by atoms with van der Waals surface area (Å²) in [5, 5.41) is 13.8. The van der Waals surface area contributed by atoms with Gasteiger partial charge in [0, 0.05) is 13.7 Å². The monoisotopic (exact) mass is 256 g/mol. The average molecular weight is 256 g/mol. The van der Waals surface area contributed by atoms with Crippen molar-refractivity contribution in [2.45, 2.75) is 13.8 Å². The van der Waals surface area contributed by atoms with Gasteiger partial charge in [-0.05, 0) is 24.5 Å². The van der Waals surface area contributed by atoms with Crippen LogP contribution >= 0.6 is 0 Å². The molecule has 0 spiro atoms. The van der Waals surface area contributed by atoms with Crippen LogP contribution in [0.3, 0.4) is 0 Å². The molecule has 1 aromatic carbocycles. The molecule has 0 aliphatic rings. The van der Waals surface area contributed by atoms with Crippen LogP contribution in [0.1, 0.15) is 12.5 Å². The Morgan fingerprint density at radius 2 is 2.22 bits per heavy atom. The van der Waals surface area contributed by atoms with Crippen LogP contribution in [-0.4, -0.2) is 25.2 Å². The minimum atomic E-state index is -0.591. The molecule has 0 heterocycles. The number of methoxy groups -OCH3 is 1. The number of aryl methyl sites for hydroxylation is 1. The van der Waals surface area contributed by atoms with E-state index in [0.717, 1.165) is 6.07 Å². The van der Waals surface area contributed by atoms with Crippen molar-refractivity contribution in [2.75, 3.05) is 25.6 Å². The fourth-order valence-corrected chi connectivity index (χ4v) is 1.59. The predicted octanol–water partition coefficient (Wildman–Crippen LogP) is 2.74. The largest absolute Gasteiger partial charge is 0.384 e. The van der Waals surface area contributed by atoms with Crippen LogP contribution in [-0.2, 0) is 4.74 Å². The van der Waals surface area contributed by atoms with Gasteiger partial charge in [-0.1, -0.05) is 6.92 Å². The highest BCUT2D eigenvalue weighted by Crippen LogP contribution is 2.27. The first-order valence-electron chi connectivity index (χ1n) is 5.63. The van der Waals surface area contributed by atoms with Gasteiger partial charge in [-0.25, -0.2) is 4.39 Å². The molecule has 18 heavy (non-hydrogen) atoms. The van der Waals surface area contributed by atoms with Crippen LogP contribution in [0.4, 0.5) is 15.8 Å². The van der Waals surface area contributed by atoms with E-state index in [1.165, 1.54) is 6.07 Å². The first kappa shape index (κ1) is 14.4. The van der Waals surface area contributed by atoms with E-state index in [4.69, 9.17) is 4.74 Å². The Labute approximate surface area is 105 Å². The Morgan fingerprint density at radius 1 is 1.56 bits per heavy atom. The third-order valence-corrected chi connectivity index (χ3v) is 2.57. The Balaban J connectivity index is 2.86. The van der Waals surface area contributed by atoms with Crippen molar-refractivity contribution < 1.29 is 14.1 Å². The molecule has 1 atom stereocenters. The lowest BCUT2D eigenvalue weighted by Gasteiger charge is -2.13. The summed E-state index contributed by atoms with van der Waals surface area (Å²) >= 11 is 0. The summed E-state index contributed by atoms with van der Waals surface area (Å²) in [6.07, 6.45) is 0. The fourth-order valence-electron chi connectivity index (χ4n) is 1.59. The molecule has 0 aliphatic carbocycles. The summed E-state index contributed by atoms with van der Waals surface area (Å²) in [7, 11) is 1.60. The Bertz CT molecular complexity index is 438. The van der Waals surface area contributed by atoms with Gasteiger partial charge in [-0.15, -0.1) is 0 Å². The van der Waals surface area contributed by atoms with Gasteiger partial charge in [0.25, 0.3) is 5.69 Å². The van der Waals surface area contributed by atoms with Crippen LogP contribution in [0, 0.1) is 28.8 Å². The quantitative estimate of drug-likeness (QED) is 0.628. The zero-order valence-electron chi connectivity index (χ0n) is 10.7. The van der Waals surface area contributed by atoms with Gasteiger partial charge in [0.05, 0.1) is 17.6 Å². The second-order valence-corrected chi connectivity index (χ2v) is 4.32. The van der Waals surface area contributed by atoms with Crippen LogP contribution in [0.5, 0.6) is 0 Å². The standard InChI is InChI=1S/C12H17FN2O3/c1-8(7-18-3)6-14-11-4-9(2)10(13)5-12(11)15(16)17/h4-5,8,14H,6-7H2,1-3H3. The third-order valence-electron chi connectivity index (χ3n) is 2.57. The maximum absolute atomic E-state index is 13.3. The number of nitro groups is 1. The molecule has 0 fully saturated rings. The molecule has 0 bridgehead atoms. The fraction of sp³-hybridized carbons (Fsp3) is 0.500. The molecule has 0 radical (unpaired) electrons. The van der Waals surface area contributed by atoms with E-state index in [0.29, 0.717) is 24.4 Å². The van der Waals surface area contributed by atoms with Crippen LogP contribution in [0.15, 0.2) is 12.1 Å². The lowest BCUT2D eigenvalue weighted by molar-refractivity contribution is -0.384. The lowest BCUT2D eigenvalue weighted by Crippen LogP contribution is -2.16. The number of hydrogen-bond acceptors (Lipinski definition) is 4. The number of benzene rings is 1. The molecule has 6 heteroatoms. The lowest BCUT2D eigenvalue weighted by atomic mass is 10.1. The molecular formula is C12H17FN2O3. The van der Waals surface area contributed by atoms with Gasteiger partial charge < -0.3 is 10.1 Å². The summed E-state index contributed by atoms with van der Waals surface area (Å²) in [5.41, 5.74) is 0.465. The van der Waals surface area contributed by atoms with E-state index in [-0.39, 0.29) is 11.6 Å². The van der Waals surface area contributed by atoms with E-state index in [2.05, 4.69) is 5.32 Å². The Morgan fingerprint density at radius 3 is 2.78 bits per heavy atom. The highest BCUT2D eigenvalue weighted by atomic mass is 19.1. The number of halogens is 1. The number of nitrogens with one attached hydrogen (secondary N) is 1. The molecule has 1 N–H and O–H groups in total. The summed E-state index contributed by atoms with van der Waals surface area (Å²) in [5.74, 6) is -0.364. The van der Waals surface area contributed by atoms with Crippen LogP contribution in [0.2, 0.25) is 0 Å². The van der Waals surface area contributed by atoms with E-state index in [1.807, 2.05) is 6.92 Å². The van der Waals surface area contributed by atoms with E-state index >= 15 is 0 Å². The zero-order chi connectivity index (χ0) is 13.7. The third kappa shape index (κ3) is 3.66. The number of hydrogen-bond donors (Lipinski definition) is 1. The van der Waals surface area contributed by atoms with E-state index in [9.17, 15) is 14.5 Å². The van der Waals surface area contributed by atoms with Crippen LogP contribution in [0.25, 0.3) is 0 Å². The molecule has 0 aromatic heterocycles. The second-order valence-electron chi connectivity index (χ2n) is 4.32. The van der Waals surface area contributed by atoms with Crippen molar-refractivity contribution in [2.24, 2.45) is 5.92 Å². The molecule has 1 rings (SSSR count). The van der Waals surface area contributed by atoms with Gasteiger partial charge in [0.2, 0.25) is 0 Å². The number of nitro benzene ring substituents is 1. The molecule has 5 nitrogen and oxygen atoms in total. The highest BCUT2D eigenvalue weighted by Gasteiger charge is 2.17. The van der Waals surface area contributed by atoms with Crippen molar-refractivity contribution >= 4 is 11.4 Å². The SMILES string of the molecule is COCC(C)CNc1cc(C)c(F)cc1[N+](=O)[O-]. The van der Waals surface area contributed by atoms with E-state index < -0.39 is 10.7 Å². The molecular weight excluding hydrogens is 239 g/mol. The molecule has 1 aromatic rings. The van der Waals surface area contributed by atoms with Crippen molar-refractivity contribution in [3.05, 3.63) is 33.6 Å². The van der Waals surface area contributed by atoms with Crippen molar-refractivity contribution in [1.29, 1.82) is 0 Å². The van der Waals surface area contributed by atoms with Gasteiger partial charge in [0.15, 0.2) is 0 Å². The second kappa shape index (κ2) is 6.30. The summed E-state index contributed by atoms with van der Waals surface area (Å²) < 4.78 is 18.3. The van der Waals surface area contributed by atoms with E-state index in [1.54, 1.807) is 14.0 Å². The molecule has 1 unspecified atom stereocenters. The predicted molar refractivity (Wildman–Crippen MR) is 67.3 cm³/mol. The Kier molecular flexibility index (Phi) is 5.03. The first-order chi connectivity index (χ1) is 8.45. The topological polar surface area (TPSA) is 64.4 Å². The number of nitrogens with zero attached hydrogens (tertiary/aromatic N) is 1. The summed E-state index contributed by atoms with van der Waals surface area (Å²) in [4.78, 5) is 10.2. The maximum Gasteiger partial charge on any atom is 0.295 e. The minimum absolute atomic E-state index is 0.208. The van der Waals surface area contributed by atoms with Crippen molar-refractivity contribution in [3.63, 3.8) is 0 Å². The van der Waals surface area contributed by atoms with Crippen molar-refractivity contribution in [1.82, 2.24) is 0 Å². The number of rotatable bonds is 6. The van der Waals surface area contributed by atoms with Crippen LogP contribution < -0.4 is 5.32 Å². The molecule has 100 valence electrons. The van der Waals surface area contributed by atoms with Gasteiger partial charge in [0.1, 0.15) is 11.5 Å². The summed E-state index contributed by atoms with van der Waals surface area (Å²) in [6.45, 7) is 4.61. The average Bonchev–Trinajstić information content (AvgIpc) is 2.30. The first-order valence-corrected chi connectivity index (χ1v) is 5.63. The maximum atomic E-state index is 13.3. The summed E-state index contributed by atoms with van der Waals surface area (Å²) in [6, 6.07) is 2.39. The minimum Gasteiger partial charge on any atom is -0.384 e. The molecule has 0 aliphatic heterocycles.